The van der Waals surface area contributed by atoms with Crippen LogP contribution in [-0.4, -0.2) is 85.9 Å². The van der Waals surface area contributed by atoms with Gasteiger partial charge in [0.05, 0.1) is 6.54 Å². The molecule has 2 rings (SSSR count). The van der Waals surface area contributed by atoms with E-state index >= 15 is 0 Å². The van der Waals surface area contributed by atoms with E-state index < -0.39 is 0 Å². The lowest BCUT2D eigenvalue weighted by Gasteiger charge is -2.38. The van der Waals surface area contributed by atoms with Gasteiger partial charge in [-0.3, -0.25) is 14.5 Å². The Kier molecular flexibility index (Phi) is 5.99. The third kappa shape index (κ3) is 5.28. The van der Waals surface area contributed by atoms with Gasteiger partial charge in [-0.05, 0) is 38.9 Å². The standard InChI is InChI=1S/C15H28N4O2/c1-13(20)16-11-15(21)19-9-7-18(8-10-19)12-14-3-5-17(2)6-4-14/h14H,3-12H2,1-2H3,(H,16,20). The summed E-state index contributed by atoms with van der Waals surface area (Å²) in [6.45, 7) is 8.63. The lowest BCUT2D eigenvalue weighted by Crippen LogP contribution is -2.52. The molecule has 2 aliphatic rings. The van der Waals surface area contributed by atoms with E-state index in [0.717, 1.165) is 32.1 Å². The fourth-order valence-electron chi connectivity index (χ4n) is 3.10. The molecule has 2 saturated heterocycles. The van der Waals surface area contributed by atoms with Crippen LogP contribution < -0.4 is 5.32 Å². The molecule has 6 nitrogen and oxygen atoms in total. The van der Waals surface area contributed by atoms with Gasteiger partial charge in [-0.2, -0.15) is 0 Å². The molecule has 0 atom stereocenters. The highest BCUT2D eigenvalue weighted by Crippen LogP contribution is 2.18. The maximum Gasteiger partial charge on any atom is 0.242 e. The monoisotopic (exact) mass is 296 g/mol. The van der Waals surface area contributed by atoms with Crippen molar-refractivity contribution in [2.45, 2.75) is 19.8 Å². The van der Waals surface area contributed by atoms with Crippen LogP contribution in [0.25, 0.3) is 0 Å². The van der Waals surface area contributed by atoms with Crippen molar-refractivity contribution in [3.63, 3.8) is 0 Å². The number of piperazine rings is 1. The van der Waals surface area contributed by atoms with E-state index in [9.17, 15) is 9.59 Å². The van der Waals surface area contributed by atoms with E-state index in [0.29, 0.717) is 0 Å². The van der Waals surface area contributed by atoms with E-state index in [1.54, 1.807) is 0 Å². The molecular weight excluding hydrogens is 268 g/mol. The number of carbonyl (C=O) groups excluding carboxylic acids is 2. The summed E-state index contributed by atoms with van der Waals surface area (Å²) in [6, 6.07) is 0. The molecule has 0 bridgehead atoms. The van der Waals surface area contributed by atoms with E-state index in [2.05, 4.69) is 22.2 Å². The van der Waals surface area contributed by atoms with Gasteiger partial charge in [0.15, 0.2) is 0 Å². The molecule has 0 aromatic carbocycles. The van der Waals surface area contributed by atoms with Crippen LogP contribution in [0, 0.1) is 5.92 Å². The molecule has 0 spiro atoms. The Bertz CT molecular complexity index is 359. The summed E-state index contributed by atoms with van der Waals surface area (Å²) >= 11 is 0. The predicted octanol–water partition coefficient (Wildman–Crippen LogP) is -0.391. The zero-order valence-corrected chi connectivity index (χ0v) is 13.3. The van der Waals surface area contributed by atoms with Gasteiger partial charge in [0, 0.05) is 39.6 Å². The summed E-state index contributed by atoms with van der Waals surface area (Å²) in [6.07, 6.45) is 2.58. The Morgan fingerprint density at radius 1 is 1.05 bits per heavy atom. The van der Waals surface area contributed by atoms with Crippen molar-refractivity contribution in [1.82, 2.24) is 20.0 Å². The third-order valence-electron chi connectivity index (χ3n) is 4.57. The lowest BCUT2D eigenvalue weighted by atomic mass is 9.96. The summed E-state index contributed by atoms with van der Waals surface area (Å²) in [4.78, 5) is 29.5. The summed E-state index contributed by atoms with van der Waals surface area (Å²) in [5.74, 6) is 0.691. The number of nitrogens with one attached hydrogen (secondary N) is 1. The van der Waals surface area contributed by atoms with Gasteiger partial charge in [0.25, 0.3) is 0 Å². The minimum atomic E-state index is -0.149. The van der Waals surface area contributed by atoms with Gasteiger partial charge in [-0.25, -0.2) is 0 Å². The van der Waals surface area contributed by atoms with Gasteiger partial charge in [0.2, 0.25) is 11.8 Å². The van der Waals surface area contributed by atoms with E-state index in [1.165, 1.54) is 39.4 Å². The lowest BCUT2D eigenvalue weighted by molar-refractivity contribution is -0.134. The molecule has 0 aromatic rings. The number of hydrogen-bond donors (Lipinski definition) is 1. The van der Waals surface area contributed by atoms with Crippen molar-refractivity contribution < 1.29 is 9.59 Å². The molecule has 2 aliphatic heterocycles. The Morgan fingerprint density at radius 2 is 1.67 bits per heavy atom. The molecule has 6 heteroatoms. The zero-order valence-electron chi connectivity index (χ0n) is 13.3. The SMILES string of the molecule is CC(=O)NCC(=O)N1CCN(CC2CCN(C)CC2)CC1. The van der Waals surface area contributed by atoms with Gasteiger partial charge in [-0.15, -0.1) is 0 Å². The first kappa shape index (κ1) is 16.2. The fraction of sp³-hybridized carbons (Fsp3) is 0.867. The second kappa shape index (κ2) is 7.75. The maximum atomic E-state index is 11.9. The summed E-state index contributed by atoms with van der Waals surface area (Å²) in [5.41, 5.74) is 0. The van der Waals surface area contributed by atoms with Crippen molar-refractivity contribution in [3.05, 3.63) is 0 Å². The van der Waals surface area contributed by atoms with Crippen LogP contribution in [0.5, 0.6) is 0 Å². The summed E-state index contributed by atoms with van der Waals surface area (Å²) in [5, 5.41) is 2.58. The molecule has 0 aliphatic carbocycles. The second-order valence-corrected chi connectivity index (χ2v) is 6.34. The molecule has 21 heavy (non-hydrogen) atoms. The van der Waals surface area contributed by atoms with Gasteiger partial charge in [-0.1, -0.05) is 0 Å². The van der Waals surface area contributed by atoms with Crippen molar-refractivity contribution in [2.75, 3.05) is 59.4 Å². The molecule has 120 valence electrons. The summed E-state index contributed by atoms with van der Waals surface area (Å²) in [7, 11) is 2.19. The van der Waals surface area contributed by atoms with Crippen LogP contribution in [-0.2, 0) is 9.59 Å². The van der Waals surface area contributed by atoms with E-state index in [4.69, 9.17) is 0 Å². The molecule has 1 N–H and O–H groups in total. The van der Waals surface area contributed by atoms with Crippen LogP contribution in [0.15, 0.2) is 0 Å². The van der Waals surface area contributed by atoms with Crippen molar-refractivity contribution >= 4 is 11.8 Å². The highest BCUT2D eigenvalue weighted by atomic mass is 16.2. The van der Waals surface area contributed by atoms with Gasteiger partial charge < -0.3 is 15.1 Å². The minimum absolute atomic E-state index is 0.0316. The van der Waals surface area contributed by atoms with Crippen LogP contribution in [0.3, 0.4) is 0 Å². The number of carbonyl (C=O) groups is 2. The number of nitrogens with zero attached hydrogens (tertiary/aromatic N) is 3. The number of piperidine rings is 1. The number of hydrogen-bond acceptors (Lipinski definition) is 4. The van der Waals surface area contributed by atoms with Gasteiger partial charge in [0.1, 0.15) is 0 Å². The number of rotatable bonds is 4. The molecule has 2 amide bonds. The van der Waals surface area contributed by atoms with Crippen molar-refractivity contribution in [1.29, 1.82) is 0 Å². The van der Waals surface area contributed by atoms with Crippen LogP contribution in [0.4, 0.5) is 0 Å². The largest absolute Gasteiger partial charge is 0.347 e. The zero-order chi connectivity index (χ0) is 15.2. The fourth-order valence-corrected chi connectivity index (χ4v) is 3.10. The van der Waals surface area contributed by atoms with E-state index in [-0.39, 0.29) is 18.4 Å². The average Bonchev–Trinajstić information content (AvgIpc) is 2.48. The van der Waals surface area contributed by atoms with Crippen LogP contribution in [0.1, 0.15) is 19.8 Å². The first-order chi connectivity index (χ1) is 10.0. The minimum Gasteiger partial charge on any atom is -0.347 e. The molecule has 0 radical (unpaired) electrons. The second-order valence-electron chi connectivity index (χ2n) is 6.34. The molecule has 2 heterocycles. The molecule has 0 saturated carbocycles. The first-order valence-corrected chi connectivity index (χ1v) is 7.97. The first-order valence-electron chi connectivity index (χ1n) is 7.97. The number of likely N-dealkylation sites (tertiary alicyclic amines) is 1. The van der Waals surface area contributed by atoms with Crippen LogP contribution in [0.2, 0.25) is 0 Å². The van der Waals surface area contributed by atoms with E-state index in [1.807, 2.05) is 4.90 Å². The Morgan fingerprint density at radius 3 is 2.24 bits per heavy atom. The predicted molar refractivity (Wildman–Crippen MR) is 81.9 cm³/mol. The topological polar surface area (TPSA) is 55.9 Å². The summed E-state index contributed by atoms with van der Waals surface area (Å²) < 4.78 is 0. The number of amides is 2. The highest BCUT2D eigenvalue weighted by molar-refractivity contribution is 5.83. The quantitative estimate of drug-likeness (QED) is 0.768. The highest BCUT2D eigenvalue weighted by Gasteiger charge is 2.24. The van der Waals surface area contributed by atoms with Crippen LogP contribution >= 0.6 is 0 Å². The average molecular weight is 296 g/mol. The Hall–Kier alpha value is -1.14. The van der Waals surface area contributed by atoms with Crippen molar-refractivity contribution in [2.24, 2.45) is 5.92 Å². The maximum absolute atomic E-state index is 11.9. The third-order valence-corrected chi connectivity index (χ3v) is 4.57. The molecule has 0 unspecified atom stereocenters. The Balaban J connectivity index is 1.66. The molecule has 2 fully saturated rings. The van der Waals surface area contributed by atoms with Gasteiger partial charge >= 0.3 is 0 Å². The molecular formula is C15H28N4O2. The Labute approximate surface area is 127 Å². The van der Waals surface area contributed by atoms with Crippen molar-refractivity contribution in [3.8, 4) is 0 Å². The molecule has 0 aromatic heterocycles. The smallest absolute Gasteiger partial charge is 0.242 e. The normalized spacial score (nSPS) is 22.3.